The van der Waals surface area contributed by atoms with Gasteiger partial charge in [0.15, 0.2) is 0 Å². The number of rotatable bonds is 0. The van der Waals surface area contributed by atoms with Crippen molar-refractivity contribution in [3.8, 4) is 0 Å². The molecule has 0 aromatic carbocycles. The molecular formula is C4H12N2O2S. The minimum Gasteiger partial charge on any atom is -0.326 e. The lowest BCUT2D eigenvalue weighted by Crippen LogP contribution is -2.26. The van der Waals surface area contributed by atoms with Gasteiger partial charge in [0.05, 0.1) is 0 Å². The minimum absolute atomic E-state index is 0. The fourth-order valence-electron chi connectivity index (χ4n) is 0. The second-order valence-electron chi connectivity index (χ2n) is 2.60. The van der Waals surface area contributed by atoms with E-state index in [1.165, 1.54) is 0 Å². The maximum absolute atomic E-state index is 8.67. The largest absolute Gasteiger partial charge is 0.326 e. The second kappa shape index (κ2) is 4.46. The predicted octanol–water partition coefficient (Wildman–Crippen LogP) is 0.371. The van der Waals surface area contributed by atoms with Crippen LogP contribution in [0.1, 0.15) is 20.8 Å². The zero-order chi connectivity index (χ0) is 8.08. The Hall–Kier alpha value is -0.420. The molecule has 4 nitrogen and oxygen atoms in total. The lowest BCUT2D eigenvalue weighted by Gasteiger charge is -2.06. The van der Waals surface area contributed by atoms with Crippen molar-refractivity contribution in [3.63, 3.8) is 0 Å². The highest BCUT2D eigenvalue weighted by Gasteiger charge is 1.95. The Bertz CT molecular complexity index is 138. The van der Waals surface area contributed by atoms with Crippen LogP contribution < -0.4 is 5.73 Å². The smallest absolute Gasteiger partial charge is 0.308 e. The van der Waals surface area contributed by atoms with E-state index in [4.69, 9.17) is 18.9 Å². The maximum Gasteiger partial charge on any atom is 0.308 e. The molecule has 0 amide bonds. The molecule has 0 heterocycles. The molecule has 0 unspecified atom stereocenters. The van der Waals surface area contributed by atoms with Gasteiger partial charge < -0.3 is 5.73 Å². The first-order valence-corrected chi connectivity index (χ1v) is 3.40. The van der Waals surface area contributed by atoms with Gasteiger partial charge in [0.25, 0.3) is 0 Å². The second-order valence-corrected chi connectivity index (χ2v) is 3.07. The summed E-state index contributed by atoms with van der Waals surface area (Å²) in [5.41, 5.74) is 5.35. The molecule has 3 N–H and O–H groups in total. The molecule has 5 heteroatoms. The lowest BCUT2D eigenvalue weighted by atomic mass is 10.1. The maximum atomic E-state index is 8.67. The van der Waals surface area contributed by atoms with E-state index in [0.29, 0.717) is 0 Å². The average Bonchev–Trinajstić information content (AvgIpc) is 1.19. The van der Waals surface area contributed by atoms with E-state index in [1.54, 1.807) is 0 Å². The summed E-state index contributed by atoms with van der Waals surface area (Å²) in [5.74, 6) is 0. The fourth-order valence-corrected chi connectivity index (χ4v) is 0. The third-order valence-electron chi connectivity index (χ3n) is 0. The molecule has 0 aromatic heterocycles. The Labute approximate surface area is 56.6 Å². The van der Waals surface area contributed by atoms with Crippen LogP contribution in [0.3, 0.4) is 0 Å². The van der Waals surface area contributed by atoms with Gasteiger partial charge in [-0.2, -0.15) is 13.2 Å². The molecule has 0 radical (unpaired) electrons. The summed E-state index contributed by atoms with van der Waals surface area (Å²) in [5, 5.41) is 0. The van der Waals surface area contributed by atoms with Crippen LogP contribution in [0.2, 0.25) is 0 Å². The third-order valence-corrected chi connectivity index (χ3v) is 0. The topological polar surface area (TPSA) is 84.0 Å². The summed E-state index contributed by atoms with van der Waals surface area (Å²) in [7, 11) is -2.61. The van der Waals surface area contributed by atoms with Gasteiger partial charge in [-0.25, -0.2) is 0 Å². The first-order chi connectivity index (χ1) is 3.73. The number of nitrogens with one attached hydrogen (secondary N) is 1. The monoisotopic (exact) mass is 152 g/mol. The highest BCUT2D eigenvalue weighted by atomic mass is 32.2. The van der Waals surface area contributed by atoms with E-state index < -0.39 is 10.5 Å². The van der Waals surface area contributed by atoms with Crippen LogP contribution in [0.5, 0.6) is 0 Å². The van der Waals surface area contributed by atoms with Crippen molar-refractivity contribution in [2.45, 2.75) is 26.3 Å². The molecule has 0 aliphatic rings. The molecule has 0 atom stereocenters. The van der Waals surface area contributed by atoms with Crippen LogP contribution in [0, 0.1) is 4.78 Å². The van der Waals surface area contributed by atoms with Crippen molar-refractivity contribution in [1.82, 2.24) is 0 Å². The number of nitrogens with two attached hydrogens (primary N) is 1. The summed E-state index contributed by atoms with van der Waals surface area (Å²) in [4.78, 5) is 0. The standard InChI is InChI=1S/C4H11N.HNO2S/c1-4(2,3)5;1-4(2)3/h5H2,1-3H3;1H. The lowest BCUT2D eigenvalue weighted by molar-refractivity contribution is 0.580. The fraction of sp³-hybridized carbons (Fsp3) is 1.00. The van der Waals surface area contributed by atoms with Gasteiger partial charge in [-0.15, -0.1) is 0 Å². The average molecular weight is 152 g/mol. The van der Waals surface area contributed by atoms with Gasteiger partial charge in [0.2, 0.25) is 0 Å². The number of hydrogen-bond donors (Lipinski definition) is 2. The molecule has 0 rings (SSSR count). The van der Waals surface area contributed by atoms with Crippen LogP contribution >= 0.6 is 0 Å². The van der Waals surface area contributed by atoms with Gasteiger partial charge in [-0.1, -0.05) is 0 Å². The number of hydrogen-bond acceptors (Lipinski definition) is 4. The van der Waals surface area contributed by atoms with Crippen molar-refractivity contribution in [2.24, 2.45) is 5.73 Å². The first-order valence-electron chi connectivity index (χ1n) is 2.33. The molecule has 0 bridgehead atoms. The molecule has 0 fully saturated rings. The van der Waals surface area contributed by atoms with Crippen LogP contribution in [0.4, 0.5) is 0 Å². The normalized spacial score (nSPS) is 9.33. The van der Waals surface area contributed by atoms with Crippen molar-refractivity contribution in [3.05, 3.63) is 0 Å². The predicted molar refractivity (Wildman–Crippen MR) is 35.6 cm³/mol. The highest BCUT2D eigenvalue weighted by Crippen LogP contribution is 1.88. The van der Waals surface area contributed by atoms with Crippen molar-refractivity contribution < 1.29 is 8.42 Å². The Morgan fingerprint density at radius 1 is 1.33 bits per heavy atom. The van der Waals surface area contributed by atoms with Gasteiger partial charge in [0, 0.05) is 5.54 Å². The van der Waals surface area contributed by atoms with E-state index in [9.17, 15) is 0 Å². The highest BCUT2D eigenvalue weighted by molar-refractivity contribution is 7.60. The zero-order valence-corrected chi connectivity index (χ0v) is 6.62. The zero-order valence-electron chi connectivity index (χ0n) is 5.80. The minimum atomic E-state index is -2.61. The summed E-state index contributed by atoms with van der Waals surface area (Å²) >= 11 is 0. The Kier molecular flexibility index (Phi) is 5.64. The first kappa shape index (κ1) is 11.4. The van der Waals surface area contributed by atoms with Crippen molar-refractivity contribution in [1.29, 1.82) is 4.78 Å². The van der Waals surface area contributed by atoms with Crippen LogP contribution in [0.15, 0.2) is 0 Å². The molecule has 0 saturated carbocycles. The molecule has 0 spiro atoms. The Balaban J connectivity index is 0. The summed E-state index contributed by atoms with van der Waals surface area (Å²) in [6, 6.07) is 0. The summed E-state index contributed by atoms with van der Waals surface area (Å²) in [6.07, 6.45) is 0. The Morgan fingerprint density at radius 2 is 1.33 bits per heavy atom. The molecule has 0 aliphatic carbocycles. The summed E-state index contributed by atoms with van der Waals surface area (Å²) < 4.78 is 22.8. The molecule has 56 valence electrons. The molecule has 0 aliphatic heterocycles. The van der Waals surface area contributed by atoms with E-state index >= 15 is 0 Å². The van der Waals surface area contributed by atoms with Crippen LogP contribution in [0.25, 0.3) is 0 Å². The van der Waals surface area contributed by atoms with Crippen LogP contribution in [-0.2, 0) is 10.5 Å². The van der Waals surface area contributed by atoms with E-state index in [1.807, 2.05) is 20.8 Å². The SMILES string of the molecule is CC(C)(C)N.N=S(=O)=O. The quantitative estimate of drug-likeness (QED) is 0.526. The van der Waals surface area contributed by atoms with Gasteiger partial charge in [-0.3, -0.25) is 0 Å². The van der Waals surface area contributed by atoms with Gasteiger partial charge in [-0.05, 0) is 20.8 Å². The molecule has 0 aromatic rings. The van der Waals surface area contributed by atoms with E-state index in [0.717, 1.165) is 0 Å². The van der Waals surface area contributed by atoms with Gasteiger partial charge in [0.1, 0.15) is 0 Å². The summed E-state index contributed by atoms with van der Waals surface area (Å²) in [6.45, 7) is 5.90. The molecule has 9 heavy (non-hydrogen) atoms. The third kappa shape index (κ3) is 1340. The molecule has 0 saturated heterocycles. The van der Waals surface area contributed by atoms with Crippen LogP contribution in [-0.4, -0.2) is 14.0 Å². The molecular weight excluding hydrogens is 140 g/mol. The van der Waals surface area contributed by atoms with Crippen molar-refractivity contribution in [2.75, 3.05) is 0 Å². The van der Waals surface area contributed by atoms with Crippen molar-refractivity contribution >= 4 is 10.5 Å². The Morgan fingerprint density at radius 3 is 1.33 bits per heavy atom. The van der Waals surface area contributed by atoms with E-state index in [2.05, 4.69) is 0 Å². The van der Waals surface area contributed by atoms with E-state index in [-0.39, 0.29) is 5.54 Å². The van der Waals surface area contributed by atoms with Gasteiger partial charge >= 0.3 is 10.5 Å².